The van der Waals surface area contributed by atoms with E-state index in [4.69, 9.17) is 11.6 Å². The monoisotopic (exact) mass is 293 g/mol. The highest BCUT2D eigenvalue weighted by atomic mass is 35.5. The molecule has 0 saturated heterocycles. The number of nitrogens with zero attached hydrogens (tertiary/aromatic N) is 2. The van der Waals surface area contributed by atoms with E-state index in [-0.39, 0.29) is 0 Å². The van der Waals surface area contributed by atoms with Gasteiger partial charge in [0.05, 0.1) is 0 Å². The Labute approximate surface area is 122 Å². The van der Waals surface area contributed by atoms with Gasteiger partial charge in [-0.3, -0.25) is 0 Å². The van der Waals surface area contributed by atoms with E-state index in [1.807, 2.05) is 6.26 Å². The third-order valence-electron chi connectivity index (χ3n) is 2.66. The molecular formula is C14H16ClN3S. The van der Waals surface area contributed by atoms with E-state index in [9.17, 15) is 0 Å². The van der Waals surface area contributed by atoms with Crippen LogP contribution in [0.2, 0.25) is 5.15 Å². The van der Waals surface area contributed by atoms with E-state index >= 15 is 0 Å². The Balaban J connectivity index is 1.94. The van der Waals surface area contributed by atoms with Crippen LogP contribution in [0.25, 0.3) is 0 Å². The first-order chi connectivity index (χ1) is 9.17. The van der Waals surface area contributed by atoms with Crippen molar-refractivity contribution >= 4 is 29.2 Å². The van der Waals surface area contributed by atoms with Gasteiger partial charge < -0.3 is 5.32 Å². The van der Waals surface area contributed by atoms with Crippen molar-refractivity contribution in [1.82, 2.24) is 9.97 Å². The number of hydrogen-bond donors (Lipinski definition) is 1. The van der Waals surface area contributed by atoms with Crippen LogP contribution in [0.15, 0.2) is 35.5 Å². The van der Waals surface area contributed by atoms with Crippen LogP contribution in [0.3, 0.4) is 0 Å². The highest BCUT2D eigenvalue weighted by molar-refractivity contribution is 7.98. The van der Waals surface area contributed by atoms with E-state index in [0.29, 0.717) is 10.3 Å². The summed E-state index contributed by atoms with van der Waals surface area (Å²) in [6.07, 6.45) is 2.89. The Morgan fingerprint density at radius 3 is 2.84 bits per heavy atom. The Morgan fingerprint density at radius 2 is 2.11 bits per heavy atom. The Hall–Kier alpha value is -1.26. The molecule has 1 heterocycles. The maximum atomic E-state index is 5.94. The lowest BCUT2D eigenvalue weighted by atomic mass is 10.1. The molecule has 5 heteroatoms. The van der Waals surface area contributed by atoms with Crippen molar-refractivity contribution in [1.29, 1.82) is 0 Å². The number of halogens is 1. The second-order valence-electron chi connectivity index (χ2n) is 4.23. The quantitative estimate of drug-likeness (QED) is 0.517. The minimum atomic E-state index is 0.470. The van der Waals surface area contributed by atoms with Crippen LogP contribution in [0.1, 0.15) is 11.1 Å². The SMILES string of the molecule is CSc1nc(Cl)cc(NCCc2cccc(C)c2)n1. The predicted molar refractivity (Wildman–Crippen MR) is 82.2 cm³/mol. The van der Waals surface area contributed by atoms with E-state index in [1.54, 1.807) is 6.07 Å². The maximum Gasteiger partial charge on any atom is 0.190 e. The van der Waals surface area contributed by atoms with Gasteiger partial charge in [-0.1, -0.05) is 53.2 Å². The molecule has 0 fully saturated rings. The highest BCUT2D eigenvalue weighted by Gasteiger charge is 2.02. The van der Waals surface area contributed by atoms with Crippen LogP contribution in [-0.4, -0.2) is 22.8 Å². The lowest BCUT2D eigenvalue weighted by Gasteiger charge is -2.07. The van der Waals surface area contributed by atoms with Gasteiger partial charge in [-0.25, -0.2) is 9.97 Å². The molecule has 0 atom stereocenters. The standard InChI is InChI=1S/C14H16ClN3S/c1-10-4-3-5-11(8-10)6-7-16-13-9-12(15)17-14(18-13)19-2/h3-5,8-9H,6-7H2,1-2H3,(H,16,17,18). The summed E-state index contributed by atoms with van der Waals surface area (Å²) in [5.74, 6) is 0.775. The zero-order chi connectivity index (χ0) is 13.7. The molecule has 2 rings (SSSR count). The molecule has 0 aliphatic heterocycles. The number of aromatic nitrogens is 2. The van der Waals surface area contributed by atoms with Gasteiger partial charge in [0.2, 0.25) is 0 Å². The first-order valence-electron chi connectivity index (χ1n) is 6.05. The van der Waals surface area contributed by atoms with E-state index in [1.165, 1.54) is 22.9 Å². The summed E-state index contributed by atoms with van der Waals surface area (Å²) in [5, 5.41) is 4.43. The molecule has 0 radical (unpaired) electrons. The summed E-state index contributed by atoms with van der Waals surface area (Å²) in [6, 6.07) is 10.3. The van der Waals surface area contributed by atoms with Crippen LogP contribution in [0, 0.1) is 6.92 Å². The zero-order valence-corrected chi connectivity index (χ0v) is 12.6. The number of anilines is 1. The van der Waals surface area contributed by atoms with Gasteiger partial charge >= 0.3 is 0 Å². The van der Waals surface area contributed by atoms with Gasteiger partial charge in [-0.2, -0.15) is 0 Å². The number of hydrogen-bond acceptors (Lipinski definition) is 4. The minimum absolute atomic E-state index is 0.470. The van der Waals surface area contributed by atoms with Gasteiger partial charge in [0.1, 0.15) is 11.0 Å². The number of aryl methyl sites for hydroxylation is 1. The molecule has 0 aliphatic rings. The Bertz CT molecular complexity index is 560. The van der Waals surface area contributed by atoms with Crippen molar-refractivity contribution in [3.8, 4) is 0 Å². The fraction of sp³-hybridized carbons (Fsp3) is 0.286. The largest absolute Gasteiger partial charge is 0.370 e. The molecule has 3 nitrogen and oxygen atoms in total. The molecule has 2 aromatic rings. The molecule has 1 aromatic heterocycles. The van der Waals surface area contributed by atoms with E-state index < -0.39 is 0 Å². The number of benzene rings is 1. The van der Waals surface area contributed by atoms with Gasteiger partial charge in [0.25, 0.3) is 0 Å². The lowest BCUT2D eigenvalue weighted by Crippen LogP contribution is -2.07. The third kappa shape index (κ3) is 4.40. The molecular weight excluding hydrogens is 278 g/mol. The Kier molecular flexibility index (Phi) is 5.05. The summed E-state index contributed by atoms with van der Waals surface area (Å²) in [5.41, 5.74) is 2.60. The fourth-order valence-electron chi connectivity index (χ4n) is 1.78. The zero-order valence-electron chi connectivity index (χ0n) is 11.0. The average Bonchev–Trinajstić information content (AvgIpc) is 2.38. The van der Waals surface area contributed by atoms with Crippen LogP contribution in [-0.2, 0) is 6.42 Å². The molecule has 0 bridgehead atoms. The molecule has 19 heavy (non-hydrogen) atoms. The highest BCUT2D eigenvalue weighted by Crippen LogP contribution is 2.17. The molecule has 0 saturated carbocycles. The van der Waals surface area contributed by atoms with Crippen molar-refractivity contribution in [3.63, 3.8) is 0 Å². The number of rotatable bonds is 5. The molecule has 1 aromatic carbocycles. The van der Waals surface area contributed by atoms with Crippen LogP contribution >= 0.6 is 23.4 Å². The van der Waals surface area contributed by atoms with E-state index in [2.05, 4.69) is 46.5 Å². The predicted octanol–water partition coefficient (Wildman–Crippen LogP) is 3.81. The van der Waals surface area contributed by atoms with Gasteiger partial charge in [0, 0.05) is 12.6 Å². The summed E-state index contributed by atoms with van der Waals surface area (Å²) in [4.78, 5) is 8.46. The van der Waals surface area contributed by atoms with Crippen molar-refractivity contribution in [2.45, 2.75) is 18.5 Å². The van der Waals surface area contributed by atoms with Crippen molar-refractivity contribution < 1.29 is 0 Å². The van der Waals surface area contributed by atoms with Gasteiger partial charge in [0.15, 0.2) is 5.16 Å². The first-order valence-corrected chi connectivity index (χ1v) is 7.65. The molecule has 0 spiro atoms. The summed E-state index contributed by atoms with van der Waals surface area (Å²) < 4.78 is 0. The van der Waals surface area contributed by atoms with Crippen molar-refractivity contribution in [3.05, 3.63) is 46.6 Å². The first kappa shape index (κ1) is 14.2. The van der Waals surface area contributed by atoms with Crippen molar-refractivity contribution in [2.24, 2.45) is 0 Å². The van der Waals surface area contributed by atoms with Crippen LogP contribution in [0.4, 0.5) is 5.82 Å². The smallest absolute Gasteiger partial charge is 0.190 e. The minimum Gasteiger partial charge on any atom is -0.370 e. The maximum absolute atomic E-state index is 5.94. The topological polar surface area (TPSA) is 37.8 Å². The second kappa shape index (κ2) is 6.78. The normalized spacial score (nSPS) is 10.5. The molecule has 1 N–H and O–H groups in total. The molecule has 100 valence electrons. The Morgan fingerprint density at radius 1 is 1.26 bits per heavy atom. The molecule has 0 unspecified atom stereocenters. The summed E-state index contributed by atoms with van der Waals surface area (Å²) in [6.45, 7) is 2.93. The molecule has 0 aliphatic carbocycles. The van der Waals surface area contributed by atoms with E-state index in [0.717, 1.165) is 18.8 Å². The molecule has 0 amide bonds. The van der Waals surface area contributed by atoms with Crippen LogP contribution in [0.5, 0.6) is 0 Å². The van der Waals surface area contributed by atoms with Crippen molar-refractivity contribution in [2.75, 3.05) is 18.1 Å². The summed E-state index contributed by atoms with van der Waals surface area (Å²) >= 11 is 7.42. The average molecular weight is 294 g/mol. The number of thioether (sulfide) groups is 1. The van der Waals surface area contributed by atoms with Crippen LogP contribution < -0.4 is 5.32 Å². The third-order valence-corrected chi connectivity index (χ3v) is 3.40. The number of nitrogens with one attached hydrogen (secondary N) is 1. The summed E-state index contributed by atoms with van der Waals surface area (Å²) in [7, 11) is 0. The fourth-order valence-corrected chi connectivity index (χ4v) is 2.39. The van der Waals surface area contributed by atoms with Gasteiger partial charge in [-0.15, -0.1) is 0 Å². The van der Waals surface area contributed by atoms with Gasteiger partial charge in [-0.05, 0) is 25.2 Å². The second-order valence-corrected chi connectivity index (χ2v) is 5.39. The lowest BCUT2D eigenvalue weighted by molar-refractivity contribution is 0.940.